The van der Waals surface area contributed by atoms with E-state index in [4.69, 9.17) is 16.3 Å². The second-order valence-corrected chi connectivity index (χ2v) is 8.28. The summed E-state index contributed by atoms with van der Waals surface area (Å²) < 4.78 is 8.53. The van der Waals surface area contributed by atoms with Crippen molar-refractivity contribution in [2.45, 2.75) is 19.1 Å². The number of rotatable bonds is 2. The van der Waals surface area contributed by atoms with Crippen LogP contribution in [0.25, 0.3) is 5.70 Å². The normalized spacial score (nSPS) is 19.0. The molecular weight excluding hydrogens is 408 g/mol. The first kappa shape index (κ1) is 18.2. The highest BCUT2D eigenvalue weighted by Gasteiger charge is 2.40. The largest absolute Gasteiger partial charge is 0.480 e. The summed E-state index contributed by atoms with van der Waals surface area (Å²) in [6, 6.07) is 24.4. The lowest BCUT2D eigenvalue weighted by Crippen LogP contribution is -2.32. The van der Waals surface area contributed by atoms with Crippen molar-refractivity contribution in [1.29, 1.82) is 0 Å². The maximum atomic E-state index is 6.61. The van der Waals surface area contributed by atoms with E-state index in [9.17, 15) is 0 Å². The van der Waals surface area contributed by atoms with Gasteiger partial charge in [-0.15, -0.1) is 0 Å². The second-order valence-electron chi connectivity index (χ2n) is 7.84. The number of aryl methyl sites for hydroxylation is 1. The van der Waals surface area contributed by atoms with Crippen molar-refractivity contribution in [2.75, 3.05) is 5.32 Å². The molecule has 2 aliphatic rings. The third-order valence-corrected chi connectivity index (χ3v) is 6.14. The number of fused-ring (bicyclic) bond motifs is 3. The van der Waals surface area contributed by atoms with E-state index in [0.29, 0.717) is 11.0 Å². The van der Waals surface area contributed by atoms with Crippen LogP contribution in [0.2, 0.25) is 5.02 Å². The van der Waals surface area contributed by atoms with Crippen molar-refractivity contribution in [3.8, 4) is 5.75 Å². The molecule has 0 spiro atoms. The van der Waals surface area contributed by atoms with E-state index in [-0.39, 0.29) is 12.1 Å². The average Bonchev–Trinajstić information content (AvgIpc) is 3.27. The summed E-state index contributed by atoms with van der Waals surface area (Å²) in [4.78, 5) is 4.46. The Balaban J connectivity index is 1.62. The molecule has 0 aliphatic carbocycles. The molecule has 3 heterocycles. The fourth-order valence-corrected chi connectivity index (χ4v) is 4.53. The highest BCUT2D eigenvalue weighted by atomic mass is 35.5. The number of aromatic nitrogens is 3. The van der Waals surface area contributed by atoms with E-state index in [2.05, 4.69) is 52.7 Å². The smallest absolute Gasteiger partial charge is 0.226 e. The number of nitrogens with zero attached hydrogens (tertiary/aromatic N) is 3. The Hall–Kier alpha value is -3.57. The fourth-order valence-electron chi connectivity index (χ4n) is 4.40. The predicted molar refractivity (Wildman–Crippen MR) is 121 cm³/mol. The molecule has 31 heavy (non-hydrogen) atoms. The summed E-state index contributed by atoms with van der Waals surface area (Å²) in [5, 5.41) is 8.77. The minimum Gasteiger partial charge on any atom is -0.480 e. The van der Waals surface area contributed by atoms with Crippen molar-refractivity contribution >= 4 is 23.2 Å². The molecule has 0 amide bonds. The summed E-state index contributed by atoms with van der Waals surface area (Å²) in [6.07, 6.45) is 1.31. The van der Waals surface area contributed by atoms with Gasteiger partial charge in [0.05, 0.1) is 5.70 Å². The molecule has 6 heteroatoms. The number of hydrogen-bond donors (Lipinski definition) is 1. The highest BCUT2D eigenvalue weighted by molar-refractivity contribution is 6.30. The molecular formula is C25H19ClN4O. The number of para-hydroxylation sites is 1. The van der Waals surface area contributed by atoms with E-state index < -0.39 is 0 Å². The lowest BCUT2D eigenvalue weighted by atomic mass is 9.84. The average molecular weight is 427 g/mol. The summed E-state index contributed by atoms with van der Waals surface area (Å²) in [7, 11) is 0. The highest BCUT2D eigenvalue weighted by Crippen LogP contribution is 2.50. The van der Waals surface area contributed by atoms with E-state index in [1.165, 1.54) is 5.56 Å². The van der Waals surface area contributed by atoms with Gasteiger partial charge in [0.2, 0.25) is 5.95 Å². The van der Waals surface area contributed by atoms with Gasteiger partial charge in [-0.2, -0.15) is 10.1 Å². The molecule has 2 aliphatic heterocycles. The van der Waals surface area contributed by atoms with E-state index >= 15 is 0 Å². The van der Waals surface area contributed by atoms with Gasteiger partial charge in [0.1, 0.15) is 24.2 Å². The Bertz CT molecular complexity index is 1310. The van der Waals surface area contributed by atoms with Crippen LogP contribution in [0.3, 0.4) is 0 Å². The number of hydrogen-bond acceptors (Lipinski definition) is 4. The maximum absolute atomic E-state index is 6.61. The second kappa shape index (κ2) is 7.00. The first-order valence-corrected chi connectivity index (χ1v) is 10.6. The third kappa shape index (κ3) is 2.93. The van der Waals surface area contributed by atoms with Crippen molar-refractivity contribution in [3.63, 3.8) is 0 Å². The van der Waals surface area contributed by atoms with Crippen LogP contribution in [0.1, 0.15) is 34.4 Å². The van der Waals surface area contributed by atoms with Gasteiger partial charge in [0.15, 0.2) is 0 Å². The van der Waals surface area contributed by atoms with Gasteiger partial charge in [-0.25, -0.2) is 4.68 Å². The first-order valence-electron chi connectivity index (χ1n) is 10.2. The first-order chi connectivity index (χ1) is 15.2. The Morgan fingerprint density at radius 1 is 0.935 bits per heavy atom. The molecule has 0 fully saturated rings. The predicted octanol–water partition coefficient (Wildman–Crippen LogP) is 5.80. The summed E-state index contributed by atoms with van der Waals surface area (Å²) in [5.41, 5.74) is 6.52. The van der Waals surface area contributed by atoms with Gasteiger partial charge >= 0.3 is 0 Å². The van der Waals surface area contributed by atoms with Crippen molar-refractivity contribution in [2.24, 2.45) is 0 Å². The van der Waals surface area contributed by atoms with Crippen LogP contribution in [-0.2, 0) is 0 Å². The molecule has 152 valence electrons. The molecule has 1 N–H and O–H groups in total. The summed E-state index contributed by atoms with van der Waals surface area (Å²) in [5.74, 6) is 1.56. The van der Waals surface area contributed by atoms with Crippen LogP contribution in [-0.4, -0.2) is 14.8 Å². The number of ether oxygens (including phenoxy) is 1. The molecule has 0 saturated heterocycles. The van der Waals surface area contributed by atoms with Crippen molar-refractivity contribution in [3.05, 3.63) is 112 Å². The van der Waals surface area contributed by atoms with Gasteiger partial charge in [-0.05, 0) is 42.3 Å². The van der Waals surface area contributed by atoms with Crippen LogP contribution in [0.4, 0.5) is 5.95 Å². The minimum atomic E-state index is -0.268. The number of benzene rings is 3. The van der Waals surface area contributed by atoms with Crippen LogP contribution >= 0.6 is 11.6 Å². The van der Waals surface area contributed by atoms with Crippen LogP contribution in [0, 0.1) is 6.92 Å². The zero-order chi connectivity index (χ0) is 20.9. The molecule has 6 rings (SSSR count). The Labute approximate surface area is 185 Å². The van der Waals surface area contributed by atoms with Crippen LogP contribution < -0.4 is 10.1 Å². The van der Waals surface area contributed by atoms with Gasteiger partial charge in [-0.1, -0.05) is 65.7 Å². The Morgan fingerprint density at radius 3 is 2.48 bits per heavy atom. The van der Waals surface area contributed by atoms with Crippen molar-refractivity contribution < 1.29 is 4.74 Å². The van der Waals surface area contributed by atoms with Crippen LogP contribution in [0.5, 0.6) is 5.75 Å². The number of nitrogens with one attached hydrogen (secondary N) is 1. The van der Waals surface area contributed by atoms with Crippen molar-refractivity contribution in [1.82, 2.24) is 14.8 Å². The quantitative estimate of drug-likeness (QED) is 0.440. The summed E-state index contributed by atoms with van der Waals surface area (Å²) in [6.45, 7) is 2.09. The molecule has 5 nitrogen and oxygen atoms in total. The van der Waals surface area contributed by atoms with E-state index in [0.717, 1.165) is 33.7 Å². The third-order valence-electron chi connectivity index (χ3n) is 5.89. The topological polar surface area (TPSA) is 52.0 Å². The monoisotopic (exact) mass is 426 g/mol. The SMILES string of the molecule is Cc1ccc([C@@H]2Oc3ccccc3C3=C2[C@@H](c2ccc(Cl)cc2)n2ncnc2N3)cc1. The molecule has 0 bridgehead atoms. The van der Waals surface area contributed by atoms with Gasteiger partial charge in [0.25, 0.3) is 0 Å². The fraction of sp³-hybridized carbons (Fsp3) is 0.120. The molecule has 4 aromatic rings. The molecule has 3 aromatic carbocycles. The molecule has 0 saturated carbocycles. The standard InChI is InChI=1S/C25H19ClN4O/c1-15-6-8-17(9-7-15)24-21-22(19-4-2-3-5-20(19)31-24)29-25-27-14-28-30(25)23(21)16-10-12-18(26)13-11-16/h2-14,23-24H,1H3,(H,27,28,29)/t23-,24+/m1/s1. The Morgan fingerprint density at radius 2 is 1.68 bits per heavy atom. The number of halogens is 1. The molecule has 0 radical (unpaired) electrons. The lowest BCUT2D eigenvalue weighted by molar-refractivity contribution is 0.223. The van der Waals surface area contributed by atoms with E-state index in [1.54, 1.807) is 6.33 Å². The minimum absolute atomic E-state index is 0.175. The van der Waals surface area contributed by atoms with Gasteiger partial charge in [0, 0.05) is 16.2 Å². The summed E-state index contributed by atoms with van der Waals surface area (Å²) >= 11 is 6.19. The van der Waals surface area contributed by atoms with Gasteiger partial charge < -0.3 is 10.1 Å². The van der Waals surface area contributed by atoms with Crippen LogP contribution in [0.15, 0.2) is 84.7 Å². The maximum Gasteiger partial charge on any atom is 0.226 e. The zero-order valence-electron chi connectivity index (χ0n) is 16.8. The molecule has 2 atom stereocenters. The number of anilines is 1. The Kier molecular flexibility index (Phi) is 4.11. The lowest BCUT2D eigenvalue weighted by Gasteiger charge is -2.39. The van der Waals surface area contributed by atoms with E-state index in [1.807, 2.05) is 47.1 Å². The van der Waals surface area contributed by atoms with Gasteiger partial charge in [-0.3, -0.25) is 0 Å². The zero-order valence-corrected chi connectivity index (χ0v) is 17.5. The molecule has 1 aromatic heterocycles. The molecule has 0 unspecified atom stereocenters.